The van der Waals surface area contributed by atoms with Crippen LogP contribution >= 0.6 is 0 Å². The van der Waals surface area contributed by atoms with Crippen molar-refractivity contribution in [2.75, 3.05) is 26.7 Å². The second-order valence-corrected chi connectivity index (χ2v) is 4.40. The monoisotopic (exact) mass is 200 g/mol. The normalized spacial score (nSPS) is 20.8. The Kier molecular flexibility index (Phi) is 5.45. The molecule has 1 rings (SSSR count). The minimum Gasteiger partial charge on any atom is -0.380 e. The molecule has 1 aliphatic carbocycles. The Morgan fingerprint density at radius 2 is 2.21 bits per heavy atom. The standard InChI is InChI=1S/C11H24N2O/c1-9(10-3-4-10)8-13-6-5-11(7-12)14-2/h9-11,13H,3-8,12H2,1-2H3. The fourth-order valence-electron chi connectivity index (χ4n) is 1.76. The first-order valence-electron chi connectivity index (χ1n) is 5.71. The van der Waals surface area contributed by atoms with Crippen LogP contribution in [0.2, 0.25) is 0 Å². The van der Waals surface area contributed by atoms with Crippen molar-refractivity contribution in [2.45, 2.75) is 32.3 Å². The second-order valence-electron chi connectivity index (χ2n) is 4.40. The zero-order chi connectivity index (χ0) is 10.4. The summed E-state index contributed by atoms with van der Waals surface area (Å²) in [6, 6.07) is 0. The summed E-state index contributed by atoms with van der Waals surface area (Å²) in [6.45, 7) is 5.12. The van der Waals surface area contributed by atoms with Crippen molar-refractivity contribution in [3.63, 3.8) is 0 Å². The number of hydrogen-bond acceptors (Lipinski definition) is 3. The molecule has 0 aliphatic heterocycles. The third kappa shape index (κ3) is 4.40. The molecule has 0 heterocycles. The fraction of sp³-hybridized carbons (Fsp3) is 1.00. The van der Waals surface area contributed by atoms with E-state index in [1.54, 1.807) is 7.11 Å². The molecule has 0 bridgehead atoms. The number of ether oxygens (including phenoxy) is 1. The summed E-state index contributed by atoms with van der Waals surface area (Å²) in [7, 11) is 1.73. The summed E-state index contributed by atoms with van der Waals surface area (Å²) in [6.07, 6.45) is 4.11. The van der Waals surface area contributed by atoms with Gasteiger partial charge in [-0.25, -0.2) is 0 Å². The number of methoxy groups -OCH3 is 1. The summed E-state index contributed by atoms with van der Waals surface area (Å²) >= 11 is 0. The lowest BCUT2D eigenvalue weighted by molar-refractivity contribution is 0.102. The molecule has 0 aromatic rings. The molecule has 2 atom stereocenters. The summed E-state index contributed by atoms with van der Waals surface area (Å²) in [4.78, 5) is 0. The van der Waals surface area contributed by atoms with E-state index in [1.807, 2.05) is 0 Å². The molecule has 14 heavy (non-hydrogen) atoms. The van der Waals surface area contributed by atoms with Gasteiger partial charge in [0.05, 0.1) is 6.10 Å². The van der Waals surface area contributed by atoms with Gasteiger partial charge in [0.15, 0.2) is 0 Å². The van der Waals surface area contributed by atoms with E-state index in [0.29, 0.717) is 6.54 Å². The maximum atomic E-state index is 5.53. The van der Waals surface area contributed by atoms with E-state index in [1.165, 1.54) is 12.8 Å². The van der Waals surface area contributed by atoms with Crippen molar-refractivity contribution in [1.29, 1.82) is 0 Å². The average Bonchev–Trinajstić information content (AvgIpc) is 3.01. The van der Waals surface area contributed by atoms with Crippen LogP contribution in [-0.4, -0.2) is 32.8 Å². The predicted molar refractivity (Wildman–Crippen MR) is 59.2 cm³/mol. The smallest absolute Gasteiger partial charge is 0.0705 e. The van der Waals surface area contributed by atoms with Crippen LogP contribution in [0.5, 0.6) is 0 Å². The highest BCUT2D eigenvalue weighted by atomic mass is 16.5. The Morgan fingerprint density at radius 1 is 1.50 bits per heavy atom. The van der Waals surface area contributed by atoms with Gasteiger partial charge in [0.25, 0.3) is 0 Å². The van der Waals surface area contributed by atoms with Gasteiger partial charge >= 0.3 is 0 Å². The Labute approximate surface area is 87.4 Å². The van der Waals surface area contributed by atoms with Gasteiger partial charge in [0, 0.05) is 13.7 Å². The summed E-state index contributed by atoms with van der Waals surface area (Å²) in [5, 5.41) is 3.47. The Morgan fingerprint density at radius 3 is 2.71 bits per heavy atom. The Hall–Kier alpha value is -0.120. The third-order valence-electron chi connectivity index (χ3n) is 3.13. The largest absolute Gasteiger partial charge is 0.380 e. The zero-order valence-electron chi connectivity index (χ0n) is 9.46. The van der Waals surface area contributed by atoms with Gasteiger partial charge in [-0.1, -0.05) is 6.92 Å². The van der Waals surface area contributed by atoms with E-state index in [0.717, 1.165) is 31.3 Å². The van der Waals surface area contributed by atoms with E-state index in [4.69, 9.17) is 10.5 Å². The lowest BCUT2D eigenvalue weighted by Crippen LogP contribution is -2.30. The second kappa shape index (κ2) is 6.38. The SMILES string of the molecule is COC(CN)CCNCC(C)C1CC1. The molecular formula is C11H24N2O. The van der Waals surface area contributed by atoms with Gasteiger partial charge < -0.3 is 15.8 Å². The molecule has 1 saturated carbocycles. The third-order valence-corrected chi connectivity index (χ3v) is 3.13. The Bertz CT molecular complexity index is 140. The van der Waals surface area contributed by atoms with Crippen LogP contribution in [-0.2, 0) is 4.74 Å². The maximum Gasteiger partial charge on any atom is 0.0705 e. The minimum absolute atomic E-state index is 0.221. The summed E-state index contributed by atoms with van der Waals surface area (Å²) in [5.41, 5.74) is 5.53. The molecule has 0 spiro atoms. The molecule has 0 aromatic heterocycles. The van der Waals surface area contributed by atoms with Crippen molar-refractivity contribution in [1.82, 2.24) is 5.32 Å². The first kappa shape index (κ1) is 12.0. The van der Waals surface area contributed by atoms with Crippen molar-refractivity contribution in [2.24, 2.45) is 17.6 Å². The van der Waals surface area contributed by atoms with E-state index in [9.17, 15) is 0 Å². The van der Waals surface area contributed by atoms with Gasteiger partial charge in [-0.2, -0.15) is 0 Å². The van der Waals surface area contributed by atoms with Gasteiger partial charge in [0.2, 0.25) is 0 Å². The molecule has 2 unspecified atom stereocenters. The van der Waals surface area contributed by atoms with Crippen molar-refractivity contribution < 1.29 is 4.74 Å². The highest BCUT2D eigenvalue weighted by Gasteiger charge is 2.27. The summed E-state index contributed by atoms with van der Waals surface area (Å²) in [5.74, 6) is 1.84. The van der Waals surface area contributed by atoms with Crippen LogP contribution in [0, 0.1) is 11.8 Å². The van der Waals surface area contributed by atoms with Crippen LogP contribution in [0.3, 0.4) is 0 Å². The first-order valence-corrected chi connectivity index (χ1v) is 5.71. The van der Waals surface area contributed by atoms with Crippen molar-refractivity contribution in [3.8, 4) is 0 Å². The highest BCUT2D eigenvalue weighted by Crippen LogP contribution is 2.35. The van der Waals surface area contributed by atoms with Crippen LogP contribution < -0.4 is 11.1 Å². The summed E-state index contributed by atoms with van der Waals surface area (Å²) < 4.78 is 5.20. The van der Waals surface area contributed by atoms with Crippen LogP contribution in [0.15, 0.2) is 0 Å². The topological polar surface area (TPSA) is 47.3 Å². The van der Waals surface area contributed by atoms with E-state index in [-0.39, 0.29) is 6.10 Å². The number of nitrogens with two attached hydrogens (primary N) is 1. The van der Waals surface area contributed by atoms with Gasteiger partial charge in [-0.3, -0.25) is 0 Å². The first-order chi connectivity index (χ1) is 6.77. The molecule has 0 aromatic carbocycles. The predicted octanol–water partition coefficient (Wildman–Crippen LogP) is 0.986. The molecule has 1 fully saturated rings. The molecule has 3 N–H and O–H groups in total. The van der Waals surface area contributed by atoms with Crippen LogP contribution in [0.4, 0.5) is 0 Å². The Balaban J connectivity index is 1.92. The lowest BCUT2D eigenvalue weighted by Gasteiger charge is -2.15. The quantitative estimate of drug-likeness (QED) is 0.574. The molecule has 3 heteroatoms. The van der Waals surface area contributed by atoms with Crippen molar-refractivity contribution in [3.05, 3.63) is 0 Å². The number of hydrogen-bond donors (Lipinski definition) is 2. The van der Waals surface area contributed by atoms with Gasteiger partial charge in [-0.05, 0) is 44.2 Å². The molecule has 1 aliphatic rings. The molecule has 0 radical (unpaired) electrons. The van der Waals surface area contributed by atoms with E-state index in [2.05, 4.69) is 12.2 Å². The lowest BCUT2D eigenvalue weighted by atomic mass is 10.1. The number of nitrogens with one attached hydrogen (secondary N) is 1. The van der Waals surface area contributed by atoms with E-state index >= 15 is 0 Å². The average molecular weight is 200 g/mol. The molecular weight excluding hydrogens is 176 g/mol. The zero-order valence-corrected chi connectivity index (χ0v) is 9.46. The van der Waals surface area contributed by atoms with Crippen LogP contribution in [0.1, 0.15) is 26.2 Å². The molecule has 0 saturated heterocycles. The molecule has 3 nitrogen and oxygen atoms in total. The van der Waals surface area contributed by atoms with Gasteiger partial charge in [-0.15, -0.1) is 0 Å². The minimum atomic E-state index is 0.221. The highest BCUT2D eigenvalue weighted by molar-refractivity contribution is 4.79. The maximum absolute atomic E-state index is 5.53. The fourth-order valence-corrected chi connectivity index (χ4v) is 1.76. The van der Waals surface area contributed by atoms with Crippen LogP contribution in [0.25, 0.3) is 0 Å². The van der Waals surface area contributed by atoms with Crippen molar-refractivity contribution >= 4 is 0 Å². The van der Waals surface area contributed by atoms with E-state index < -0.39 is 0 Å². The number of rotatable bonds is 8. The molecule has 0 amide bonds. The van der Waals surface area contributed by atoms with Gasteiger partial charge in [0.1, 0.15) is 0 Å². The molecule has 84 valence electrons.